The third-order valence-corrected chi connectivity index (χ3v) is 4.89. The van der Waals surface area contributed by atoms with E-state index in [0.717, 1.165) is 27.4 Å². The van der Waals surface area contributed by atoms with Crippen molar-refractivity contribution < 1.29 is 14.3 Å². The van der Waals surface area contributed by atoms with E-state index in [1.165, 1.54) is 7.11 Å². The van der Waals surface area contributed by atoms with Crippen molar-refractivity contribution in [2.75, 3.05) is 7.11 Å². The molecule has 144 valence electrons. The SMILES string of the molecule is COC(=O)[C@H](Cc1ccccc1)NC(=O)c1c2ccccc2nc2ccccc12. The lowest BCUT2D eigenvalue weighted by Crippen LogP contribution is -2.43. The van der Waals surface area contributed by atoms with Crippen molar-refractivity contribution in [1.82, 2.24) is 10.3 Å². The molecule has 5 heteroatoms. The molecule has 0 bridgehead atoms. The average molecular weight is 384 g/mol. The summed E-state index contributed by atoms with van der Waals surface area (Å²) in [5.74, 6) is -0.809. The van der Waals surface area contributed by atoms with Gasteiger partial charge in [-0.2, -0.15) is 0 Å². The monoisotopic (exact) mass is 384 g/mol. The molecule has 0 aliphatic carbocycles. The van der Waals surface area contributed by atoms with Crippen LogP contribution < -0.4 is 5.32 Å². The Bertz CT molecular complexity index is 1130. The zero-order chi connectivity index (χ0) is 20.2. The van der Waals surface area contributed by atoms with Crippen LogP contribution in [0, 0.1) is 0 Å². The number of benzene rings is 3. The lowest BCUT2D eigenvalue weighted by atomic mass is 10.0. The average Bonchev–Trinajstić information content (AvgIpc) is 2.77. The number of carbonyl (C=O) groups is 2. The Morgan fingerprint density at radius 2 is 1.41 bits per heavy atom. The number of para-hydroxylation sites is 2. The predicted octanol–water partition coefficient (Wildman–Crippen LogP) is 3.90. The van der Waals surface area contributed by atoms with E-state index in [4.69, 9.17) is 4.74 Å². The van der Waals surface area contributed by atoms with E-state index < -0.39 is 12.0 Å². The van der Waals surface area contributed by atoms with Crippen molar-refractivity contribution in [2.24, 2.45) is 0 Å². The highest BCUT2D eigenvalue weighted by molar-refractivity contribution is 6.16. The topological polar surface area (TPSA) is 68.3 Å². The number of nitrogens with zero attached hydrogens (tertiary/aromatic N) is 1. The van der Waals surface area contributed by atoms with Crippen molar-refractivity contribution in [3.8, 4) is 0 Å². The van der Waals surface area contributed by atoms with Gasteiger partial charge >= 0.3 is 5.97 Å². The molecule has 1 heterocycles. The van der Waals surface area contributed by atoms with Gasteiger partial charge in [0.2, 0.25) is 0 Å². The molecule has 0 unspecified atom stereocenters. The number of esters is 1. The molecule has 4 rings (SSSR count). The molecule has 0 aliphatic heterocycles. The number of amides is 1. The maximum absolute atomic E-state index is 13.3. The minimum Gasteiger partial charge on any atom is -0.467 e. The molecule has 0 fully saturated rings. The van der Waals surface area contributed by atoms with Crippen molar-refractivity contribution in [1.29, 1.82) is 0 Å². The Kier molecular flexibility index (Phi) is 5.20. The largest absolute Gasteiger partial charge is 0.467 e. The highest BCUT2D eigenvalue weighted by Gasteiger charge is 2.25. The summed E-state index contributed by atoms with van der Waals surface area (Å²) in [6, 6.07) is 23.8. The summed E-state index contributed by atoms with van der Waals surface area (Å²) < 4.78 is 4.93. The zero-order valence-electron chi connectivity index (χ0n) is 16.0. The van der Waals surface area contributed by atoms with Gasteiger partial charge in [0.15, 0.2) is 0 Å². The van der Waals surface area contributed by atoms with E-state index in [1.54, 1.807) is 0 Å². The van der Waals surface area contributed by atoms with E-state index in [-0.39, 0.29) is 5.91 Å². The first kappa shape index (κ1) is 18.6. The van der Waals surface area contributed by atoms with Crippen LogP contribution in [0.1, 0.15) is 15.9 Å². The smallest absolute Gasteiger partial charge is 0.328 e. The third kappa shape index (κ3) is 3.80. The number of nitrogens with one attached hydrogen (secondary N) is 1. The van der Waals surface area contributed by atoms with Crippen LogP contribution in [0.4, 0.5) is 0 Å². The van der Waals surface area contributed by atoms with Gasteiger partial charge in [-0.1, -0.05) is 66.7 Å². The number of rotatable bonds is 5. The molecule has 0 spiro atoms. The Balaban J connectivity index is 1.75. The molecule has 3 aromatic carbocycles. The zero-order valence-corrected chi connectivity index (χ0v) is 16.0. The second-order valence-electron chi connectivity index (χ2n) is 6.76. The van der Waals surface area contributed by atoms with E-state index in [1.807, 2.05) is 78.9 Å². The molecule has 0 saturated heterocycles. The highest BCUT2D eigenvalue weighted by Crippen LogP contribution is 2.26. The van der Waals surface area contributed by atoms with Gasteiger partial charge in [-0.05, 0) is 17.7 Å². The van der Waals surface area contributed by atoms with Gasteiger partial charge in [-0.25, -0.2) is 9.78 Å². The Hall–Kier alpha value is -3.73. The van der Waals surface area contributed by atoms with Crippen LogP contribution in [-0.4, -0.2) is 30.0 Å². The summed E-state index contributed by atoms with van der Waals surface area (Å²) >= 11 is 0. The Morgan fingerprint density at radius 1 is 0.862 bits per heavy atom. The van der Waals surface area contributed by atoms with Gasteiger partial charge in [0, 0.05) is 17.2 Å². The molecule has 1 atom stereocenters. The molecule has 1 N–H and O–H groups in total. The fraction of sp³-hybridized carbons (Fsp3) is 0.125. The highest BCUT2D eigenvalue weighted by atomic mass is 16.5. The van der Waals surface area contributed by atoms with E-state index in [0.29, 0.717) is 12.0 Å². The van der Waals surface area contributed by atoms with Crippen LogP contribution in [0.3, 0.4) is 0 Å². The maximum atomic E-state index is 13.3. The second-order valence-corrected chi connectivity index (χ2v) is 6.76. The Morgan fingerprint density at radius 3 is 2.00 bits per heavy atom. The van der Waals surface area contributed by atoms with Crippen molar-refractivity contribution in [3.05, 3.63) is 90.0 Å². The lowest BCUT2D eigenvalue weighted by Gasteiger charge is -2.18. The number of fused-ring (bicyclic) bond motifs is 2. The fourth-order valence-corrected chi connectivity index (χ4v) is 3.50. The fourth-order valence-electron chi connectivity index (χ4n) is 3.50. The molecular formula is C24H20N2O3. The summed E-state index contributed by atoms with van der Waals surface area (Å²) in [7, 11) is 1.32. The first-order valence-electron chi connectivity index (χ1n) is 9.37. The second kappa shape index (κ2) is 8.10. The molecule has 1 amide bonds. The third-order valence-electron chi connectivity index (χ3n) is 4.89. The van der Waals surface area contributed by atoms with Crippen LogP contribution in [-0.2, 0) is 16.0 Å². The van der Waals surface area contributed by atoms with Crippen LogP contribution >= 0.6 is 0 Å². The van der Waals surface area contributed by atoms with Gasteiger partial charge in [0.25, 0.3) is 5.91 Å². The normalized spacial score (nSPS) is 11.9. The number of hydrogen-bond acceptors (Lipinski definition) is 4. The Labute approximate surface area is 168 Å². The predicted molar refractivity (Wildman–Crippen MR) is 113 cm³/mol. The summed E-state index contributed by atoms with van der Waals surface area (Å²) in [6.07, 6.45) is 0.347. The first-order valence-corrected chi connectivity index (χ1v) is 9.37. The van der Waals surface area contributed by atoms with E-state index >= 15 is 0 Å². The summed E-state index contributed by atoms with van der Waals surface area (Å²) in [4.78, 5) is 30.4. The minimum absolute atomic E-state index is 0.328. The molecule has 0 aliphatic rings. The number of carbonyl (C=O) groups excluding carboxylic acids is 2. The number of aromatic nitrogens is 1. The molecule has 29 heavy (non-hydrogen) atoms. The van der Waals surface area contributed by atoms with E-state index in [9.17, 15) is 9.59 Å². The molecule has 0 saturated carbocycles. The van der Waals surface area contributed by atoms with Gasteiger partial charge < -0.3 is 10.1 Å². The number of pyridine rings is 1. The molecular weight excluding hydrogens is 364 g/mol. The van der Waals surface area contributed by atoms with Gasteiger partial charge in [0.1, 0.15) is 6.04 Å². The van der Waals surface area contributed by atoms with Crippen molar-refractivity contribution in [2.45, 2.75) is 12.5 Å². The van der Waals surface area contributed by atoms with Crippen LogP contribution in [0.5, 0.6) is 0 Å². The van der Waals surface area contributed by atoms with Crippen molar-refractivity contribution in [3.63, 3.8) is 0 Å². The molecule has 5 nitrogen and oxygen atoms in total. The summed E-state index contributed by atoms with van der Waals surface area (Å²) in [5, 5.41) is 4.36. The van der Waals surface area contributed by atoms with Crippen LogP contribution in [0.25, 0.3) is 21.8 Å². The summed E-state index contributed by atoms with van der Waals surface area (Å²) in [5.41, 5.74) is 2.91. The quantitative estimate of drug-likeness (QED) is 0.419. The molecule has 0 radical (unpaired) electrons. The number of ether oxygens (including phenoxy) is 1. The summed E-state index contributed by atoms with van der Waals surface area (Å²) in [6.45, 7) is 0. The van der Waals surface area contributed by atoms with Gasteiger partial charge in [0.05, 0.1) is 23.7 Å². The number of methoxy groups -OCH3 is 1. The lowest BCUT2D eigenvalue weighted by molar-refractivity contribution is -0.142. The minimum atomic E-state index is -0.791. The standard InChI is InChI=1S/C24H20N2O3/c1-29-24(28)21(15-16-9-3-2-4-10-16)26-23(27)22-17-11-5-7-13-19(17)25-20-14-8-6-12-18(20)22/h2-14,21H,15H2,1H3,(H,26,27)/t21-/m0/s1. The molecule has 1 aromatic heterocycles. The first-order chi connectivity index (χ1) is 14.2. The molecule has 4 aromatic rings. The van der Waals surface area contributed by atoms with E-state index in [2.05, 4.69) is 10.3 Å². The van der Waals surface area contributed by atoms with Gasteiger partial charge in [-0.3, -0.25) is 4.79 Å². The maximum Gasteiger partial charge on any atom is 0.328 e. The van der Waals surface area contributed by atoms with Crippen LogP contribution in [0.2, 0.25) is 0 Å². The number of hydrogen-bond donors (Lipinski definition) is 1. The van der Waals surface area contributed by atoms with Gasteiger partial charge in [-0.15, -0.1) is 0 Å². The van der Waals surface area contributed by atoms with Crippen LogP contribution in [0.15, 0.2) is 78.9 Å². The van der Waals surface area contributed by atoms with Crippen molar-refractivity contribution >= 4 is 33.7 Å².